The summed E-state index contributed by atoms with van der Waals surface area (Å²) in [5.41, 5.74) is 1.66. The highest BCUT2D eigenvalue weighted by molar-refractivity contribution is 7.86. The molecule has 0 bridgehead atoms. The van der Waals surface area contributed by atoms with Crippen molar-refractivity contribution in [3.05, 3.63) is 18.3 Å². The Kier molecular flexibility index (Phi) is 5.68. The van der Waals surface area contributed by atoms with E-state index in [9.17, 15) is 8.42 Å². The summed E-state index contributed by atoms with van der Waals surface area (Å²) in [7, 11) is -0.513. The van der Waals surface area contributed by atoms with Gasteiger partial charge in [-0.1, -0.05) is 6.92 Å². The van der Waals surface area contributed by atoms with Crippen molar-refractivity contribution in [1.29, 1.82) is 0 Å². The summed E-state index contributed by atoms with van der Waals surface area (Å²) in [6, 6.07) is 3.61. The molecular formula is C17H25N5O4S. The lowest BCUT2D eigenvalue weighted by molar-refractivity contribution is 0.284. The minimum absolute atomic E-state index is 0.0862. The van der Waals surface area contributed by atoms with E-state index in [0.717, 1.165) is 11.1 Å². The minimum Gasteiger partial charge on any atom is -0.493 e. The number of piperidine rings is 1. The molecule has 0 unspecified atom stereocenters. The predicted octanol–water partition coefficient (Wildman–Crippen LogP) is 1.14. The van der Waals surface area contributed by atoms with Gasteiger partial charge < -0.3 is 14.4 Å². The maximum atomic E-state index is 11.8. The molecule has 1 aromatic carbocycles. The molecule has 27 heavy (non-hydrogen) atoms. The van der Waals surface area contributed by atoms with E-state index in [-0.39, 0.29) is 6.04 Å². The van der Waals surface area contributed by atoms with E-state index in [1.54, 1.807) is 33.4 Å². The second kappa shape index (κ2) is 7.83. The summed E-state index contributed by atoms with van der Waals surface area (Å²) in [5.74, 6) is 1.22. The summed E-state index contributed by atoms with van der Waals surface area (Å²) in [5, 5.41) is 14.6. The topological polar surface area (TPSA) is 111 Å². The van der Waals surface area contributed by atoms with Crippen LogP contribution < -0.4 is 19.5 Å². The van der Waals surface area contributed by atoms with Crippen molar-refractivity contribution in [1.82, 2.24) is 14.5 Å². The number of benzene rings is 1. The molecule has 1 saturated heterocycles. The number of fused-ring (bicyclic) bond motifs is 1. The second-order valence-electron chi connectivity index (χ2n) is 6.42. The molecule has 2 aromatic rings. The molecule has 0 radical (unpaired) electrons. The highest BCUT2D eigenvalue weighted by Gasteiger charge is 2.30. The lowest BCUT2D eigenvalue weighted by Gasteiger charge is -2.37. The summed E-state index contributed by atoms with van der Waals surface area (Å²) >= 11 is 0. The van der Waals surface area contributed by atoms with Crippen LogP contribution in [0.25, 0.3) is 10.9 Å². The van der Waals surface area contributed by atoms with Crippen molar-refractivity contribution in [2.45, 2.75) is 25.8 Å². The fraction of sp³-hybridized carbons (Fsp3) is 0.529. The number of nitrogens with two attached hydrogens (primary N) is 1. The van der Waals surface area contributed by atoms with Gasteiger partial charge in [0.1, 0.15) is 0 Å². The molecule has 9 nitrogen and oxygen atoms in total. The summed E-state index contributed by atoms with van der Waals surface area (Å²) in [4.78, 5) is 2.19. The van der Waals surface area contributed by atoms with Gasteiger partial charge in [-0.25, -0.2) is 5.14 Å². The van der Waals surface area contributed by atoms with E-state index in [1.807, 2.05) is 6.07 Å². The van der Waals surface area contributed by atoms with Gasteiger partial charge in [0, 0.05) is 37.1 Å². The number of aromatic nitrogens is 2. The molecular weight excluding hydrogens is 370 g/mol. The van der Waals surface area contributed by atoms with Gasteiger partial charge in [-0.15, -0.1) is 0 Å². The molecule has 2 N–H and O–H groups in total. The van der Waals surface area contributed by atoms with Crippen molar-refractivity contribution in [3.8, 4) is 11.5 Å². The van der Waals surface area contributed by atoms with Gasteiger partial charge in [0.05, 0.1) is 31.6 Å². The Bertz CT molecular complexity index is 913. The standard InChI is InChI=1S/C17H25N5O4S/c1-4-22(27(18,23)24)12-5-7-21(8-6-12)15-11-19-20-14-10-17(26-3)16(25-2)9-13(14)15/h9-12H,4-8H2,1-3H3,(H2,18,23,24). The van der Waals surface area contributed by atoms with Crippen LogP contribution in [0.15, 0.2) is 18.3 Å². The van der Waals surface area contributed by atoms with Gasteiger partial charge >= 0.3 is 0 Å². The third kappa shape index (κ3) is 3.92. The first kappa shape index (κ1) is 19.6. The van der Waals surface area contributed by atoms with Crippen molar-refractivity contribution in [2.24, 2.45) is 5.14 Å². The molecule has 3 rings (SSSR count). The van der Waals surface area contributed by atoms with Gasteiger partial charge in [-0.3, -0.25) is 0 Å². The molecule has 0 amide bonds. The van der Waals surface area contributed by atoms with E-state index in [2.05, 4.69) is 15.1 Å². The first-order valence-corrected chi connectivity index (χ1v) is 10.3. The second-order valence-corrected chi connectivity index (χ2v) is 7.92. The molecule has 0 aliphatic carbocycles. The van der Waals surface area contributed by atoms with E-state index < -0.39 is 10.2 Å². The van der Waals surface area contributed by atoms with Crippen molar-refractivity contribution in [2.75, 3.05) is 38.8 Å². The molecule has 0 atom stereocenters. The smallest absolute Gasteiger partial charge is 0.277 e. The number of methoxy groups -OCH3 is 2. The molecule has 2 heterocycles. The van der Waals surface area contributed by atoms with Crippen LogP contribution in [0.3, 0.4) is 0 Å². The molecule has 0 saturated carbocycles. The van der Waals surface area contributed by atoms with Gasteiger partial charge in [-0.2, -0.15) is 22.9 Å². The Balaban J connectivity index is 1.87. The largest absolute Gasteiger partial charge is 0.493 e. The highest BCUT2D eigenvalue weighted by Crippen LogP contribution is 2.36. The zero-order valence-electron chi connectivity index (χ0n) is 15.8. The summed E-state index contributed by atoms with van der Waals surface area (Å²) in [6.45, 7) is 3.58. The fourth-order valence-corrected chi connectivity index (χ4v) is 4.65. The molecule has 0 spiro atoms. The average Bonchev–Trinajstić information content (AvgIpc) is 2.66. The molecule has 1 fully saturated rings. The molecule has 1 aliphatic rings. The van der Waals surface area contributed by atoms with Crippen LogP contribution in [-0.2, 0) is 10.2 Å². The third-order valence-corrected chi connectivity index (χ3v) is 6.18. The Labute approximate surface area is 159 Å². The molecule has 1 aromatic heterocycles. The zero-order valence-corrected chi connectivity index (χ0v) is 16.6. The zero-order chi connectivity index (χ0) is 19.6. The maximum absolute atomic E-state index is 11.8. The maximum Gasteiger partial charge on any atom is 0.277 e. The lowest BCUT2D eigenvalue weighted by Crippen LogP contribution is -2.49. The van der Waals surface area contributed by atoms with Crippen molar-refractivity contribution >= 4 is 26.8 Å². The summed E-state index contributed by atoms with van der Waals surface area (Å²) < 4.78 is 35.6. The first-order chi connectivity index (χ1) is 12.9. The van der Waals surface area contributed by atoms with Crippen LogP contribution in [0.5, 0.6) is 11.5 Å². The van der Waals surface area contributed by atoms with Crippen LogP contribution in [-0.4, -0.2) is 62.8 Å². The van der Waals surface area contributed by atoms with Gasteiger partial charge in [0.2, 0.25) is 0 Å². The monoisotopic (exact) mass is 395 g/mol. The average molecular weight is 395 g/mol. The van der Waals surface area contributed by atoms with Crippen molar-refractivity contribution < 1.29 is 17.9 Å². The van der Waals surface area contributed by atoms with E-state index >= 15 is 0 Å². The normalized spacial score (nSPS) is 16.1. The highest BCUT2D eigenvalue weighted by atomic mass is 32.2. The van der Waals surface area contributed by atoms with Crippen LogP contribution >= 0.6 is 0 Å². The Morgan fingerprint density at radius 3 is 2.41 bits per heavy atom. The number of nitrogens with zero attached hydrogens (tertiary/aromatic N) is 4. The van der Waals surface area contributed by atoms with Crippen LogP contribution in [0.4, 0.5) is 5.69 Å². The first-order valence-electron chi connectivity index (χ1n) is 8.81. The fourth-order valence-electron chi connectivity index (χ4n) is 3.66. The van der Waals surface area contributed by atoms with Crippen LogP contribution in [0.2, 0.25) is 0 Å². The number of hydrogen-bond donors (Lipinski definition) is 1. The van der Waals surface area contributed by atoms with Gasteiger partial charge in [0.25, 0.3) is 10.2 Å². The number of ether oxygens (including phenoxy) is 2. The number of anilines is 1. The van der Waals surface area contributed by atoms with E-state index in [0.29, 0.717) is 49.5 Å². The van der Waals surface area contributed by atoms with Gasteiger partial charge in [0.15, 0.2) is 11.5 Å². The number of hydrogen-bond acceptors (Lipinski definition) is 7. The molecule has 10 heteroatoms. The summed E-state index contributed by atoms with van der Waals surface area (Å²) in [6.07, 6.45) is 3.12. The van der Waals surface area contributed by atoms with Crippen LogP contribution in [0, 0.1) is 0 Å². The Morgan fingerprint density at radius 1 is 1.22 bits per heavy atom. The van der Waals surface area contributed by atoms with E-state index in [4.69, 9.17) is 14.6 Å². The SMILES string of the molecule is CCN(C1CCN(c2cnnc3cc(OC)c(OC)cc23)CC1)S(N)(=O)=O. The lowest BCUT2D eigenvalue weighted by atomic mass is 10.0. The van der Waals surface area contributed by atoms with Crippen LogP contribution in [0.1, 0.15) is 19.8 Å². The van der Waals surface area contributed by atoms with E-state index in [1.165, 1.54) is 4.31 Å². The molecule has 1 aliphatic heterocycles. The predicted molar refractivity (Wildman–Crippen MR) is 103 cm³/mol. The van der Waals surface area contributed by atoms with Crippen molar-refractivity contribution in [3.63, 3.8) is 0 Å². The Morgan fingerprint density at radius 2 is 1.85 bits per heavy atom. The minimum atomic E-state index is -3.69. The Hall–Kier alpha value is -2.17. The third-order valence-electron chi connectivity index (χ3n) is 4.97. The molecule has 148 valence electrons. The van der Waals surface area contributed by atoms with Gasteiger partial charge in [-0.05, 0) is 18.9 Å². The quantitative estimate of drug-likeness (QED) is 0.781. The number of rotatable bonds is 6.